The lowest BCUT2D eigenvalue weighted by Crippen LogP contribution is -2.47. The molecule has 2 aromatic rings. The summed E-state index contributed by atoms with van der Waals surface area (Å²) in [4.78, 5) is 27.0. The molecule has 3 rings (SSSR count). The summed E-state index contributed by atoms with van der Waals surface area (Å²) in [7, 11) is 0. The number of benzene rings is 1. The molecule has 0 bridgehead atoms. The highest BCUT2D eigenvalue weighted by Crippen LogP contribution is 2.31. The molecule has 1 aromatic carbocycles. The van der Waals surface area contributed by atoms with Crippen LogP contribution < -0.4 is 4.90 Å². The van der Waals surface area contributed by atoms with Crippen molar-refractivity contribution in [2.75, 3.05) is 4.90 Å². The molecule has 0 saturated carbocycles. The van der Waals surface area contributed by atoms with Crippen LogP contribution in [0.2, 0.25) is 0 Å². The van der Waals surface area contributed by atoms with Gasteiger partial charge in [0.05, 0.1) is 12.1 Å². The maximum absolute atomic E-state index is 13.0. The lowest BCUT2D eigenvalue weighted by molar-refractivity contribution is -0.153. The number of ether oxygens (including phenoxy) is 1. The number of carbonyl (C=O) groups is 2. The summed E-state index contributed by atoms with van der Waals surface area (Å²) in [6, 6.07) is 7.95. The maximum Gasteiger partial charge on any atom is 0.311 e. The quantitative estimate of drug-likeness (QED) is 0.787. The van der Waals surface area contributed by atoms with Crippen LogP contribution in [0.1, 0.15) is 42.8 Å². The number of aryl methyl sites for hydroxylation is 3. The predicted molar refractivity (Wildman–Crippen MR) is 96.9 cm³/mol. The number of aromatic nitrogens is 1. The van der Waals surface area contributed by atoms with Crippen molar-refractivity contribution >= 4 is 17.6 Å². The summed E-state index contributed by atoms with van der Waals surface area (Å²) in [6.07, 6.45) is 1.03. The summed E-state index contributed by atoms with van der Waals surface area (Å²) < 4.78 is 10.5. The van der Waals surface area contributed by atoms with Gasteiger partial charge in [0, 0.05) is 17.3 Å². The van der Waals surface area contributed by atoms with E-state index in [4.69, 9.17) is 9.26 Å². The number of fused-ring (bicyclic) bond motifs is 1. The minimum absolute atomic E-state index is 0.0466. The van der Waals surface area contributed by atoms with E-state index in [-0.39, 0.29) is 18.4 Å². The third-order valence-electron chi connectivity index (χ3n) is 4.92. The van der Waals surface area contributed by atoms with Crippen LogP contribution in [-0.4, -0.2) is 29.2 Å². The zero-order valence-corrected chi connectivity index (χ0v) is 15.6. The normalized spacial score (nSPS) is 17.5. The van der Waals surface area contributed by atoms with Crippen LogP contribution in [0.4, 0.5) is 5.69 Å². The molecule has 26 heavy (non-hydrogen) atoms. The van der Waals surface area contributed by atoms with E-state index in [0.29, 0.717) is 17.0 Å². The van der Waals surface area contributed by atoms with Crippen LogP contribution in [0.25, 0.3) is 0 Å². The van der Waals surface area contributed by atoms with Crippen LogP contribution in [-0.2, 0) is 27.2 Å². The van der Waals surface area contributed by atoms with E-state index in [1.807, 2.05) is 31.2 Å². The first-order valence-corrected chi connectivity index (χ1v) is 8.90. The molecule has 0 spiro atoms. The highest BCUT2D eigenvalue weighted by atomic mass is 16.5. The van der Waals surface area contributed by atoms with Crippen LogP contribution in [0.3, 0.4) is 0 Å². The average Bonchev–Trinajstić information content (AvgIpc) is 2.93. The summed E-state index contributed by atoms with van der Waals surface area (Å²) in [5.74, 6) is -0.0630. The van der Waals surface area contributed by atoms with E-state index in [1.54, 1.807) is 25.7 Å². The van der Waals surface area contributed by atoms with E-state index in [0.717, 1.165) is 24.1 Å². The molecule has 6 nitrogen and oxygen atoms in total. The largest absolute Gasteiger partial charge is 0.452 e. The molecular weight excluding hydrogens is 332 g/mol. The Bertz CT molecular complexity index is 807. The number of para-hydroxylation sites is 1. The van der Waals surface area contributed by atoms with Crippen LogP contribution in [0.5, 0.6) is 0 Å². The average molecular weight is 356 g/mol. The van der Waals surface area contributed by atoms with Gasteiger partial charge in [-0.15, -0.1) is 0 Å². The summed E-state index contributed by atoms with van der Waals surface area (Å²) in [5.41, 5.74) is 3.43. The van der Waals surface area contributed by atoms with Gasteiger partial charge in [-0.3, -0.25) is 9.59 Å². The molecule has 2 heterocycles. The topological polar surface area (TPSA) is 72.6 Å². The molecule has 0 fully saturated rings. The van der Waals surface area contributed by atoms with Gasteiger partial charge in [0.25, 0.3) is 5.91 Å². The predicted octanol–water partition coefficient (Wildman–Crippen LogP) is 3.13. The molecule has 2 atom stereocenters. The van der Waals surface area contributed by atoms with Gasteiger partial charge in [0.1, 0.15) is 5.76 Å². The molecule has 0 aliphatic carbocycles. The van der Waals surface area contributed by atoms with E-state index >= 15 is 0 Å². The molecule has 1 aliphatic heterocycles. The van der Waals surface area contributed by atoms with Crippen LogP contribution >= 0.6 is 0 Å². The van der Waals surface area contributed by atoms with E-state index in [2.05, 4.69) is 5.16 Å². The van der Waals surface area contributed by atoms with E-state index in [1.165, 1.54) is 0 Å². The molecule has 1 aliphatic rings. The van der Waals surface area contributed by atoms with Gasteiger partial charge in [0.15, 0.2) is 6.10 Å². The Morgan fingerprint density at radius 1 is 1.35 bits per heavy atom. The molecule has 0 saturated heterocycles. The Kier molecular flexibility index (Phi) is 5.11. The third-order valence-corrected chi connectivity index (χ3v) is 4.92. The van der Waals surface area contributed by atoms with Crippen molar-refractivity contribution in [2.24, 2.45) is 0 Å². The number of nitrogens with zero attached hydrogens (tertiary/aromatic N) is 2. The molecule has 2 unspecified atom stereocenters. The number of esters is 1. The summed E-state index contributed by atoms with van der Waals surface area (Å²) in [5, 5.41) is 3.83. The van der Waals surface area contributed by atoms with Crippen LogP contribution in [0, 0.1) is 13.8 Å². The van der Waals surface area contributed by atoms with Crippen molar-refractivity contribution < 1.29 is 18.8 Å². The second kappa shape index (κ2) is 7.32. The van der Waals surface area contributed by atoms with Crippen molar-refractivity contribution in [1.82, 2.24) is 5.16 Å². The highest BCUT2D eigenvalue weighted by molar-refractivity contribution is 5.99. The second-order valence-electron chi connectivity index (χ2n) is 6.84. The lowest BCUT2D eigenvalue weighted by atomic mass is 9.96. The Balaban J connectivity index is 1.71. The molecular formula is C20H24N2O4. The van der Waals surface area contributed by atoms with Crippen molar-refractivity contribution in [1.29, 1.82) is 0 Å². The van der Waals surface area contributed by atoms with Gasteiger partial charge < -0.3 is 14.2 Å². The summed E-state index contributed by atoms with van der Waals surface area (Å²) in [6.45, 7) is 7.17. The SMILES string of the molecule is Cc1noc(C)c1CC(=O)OC(C)C(=O)N1c2ccccc2CCC1C. The number of rotatable bonds is 4. The van der Waals surface area contributed by atoms with Crippen LogP contribution in [0.15, 0.2) is 28.8 Å². The monoisotopic (exact) mass is 356 g/mol. The number of hydrogen-bond acceptors (Lipinski definition) is 5. The third kappa shape index (κ3) is 3.49. The first-order valence-electron chi connectivity index (χ1n) is 8.90. The van der Waals surface area contributed by atoms with E-state index in [9.17, 15) is 9.59 Å². The molecule has 0 N–H and O–H groups in total. The van der Waals surface area contributed by atoms with Gasteiger partial charge in [-0.05, 0) is 52.2 Å². The van der Waals surface area contributed by atoms with Crippen molar-refractivity contribution in [2.45, 2.75) is 59.1 Å². The van der Waals surface area contributed by atoms with Gasteiger partial charge in [-0.25, -0.2) is 0 Å². The first kappa shape index (κ1) is 18.2. The second-order valence-corrected chi connectivity index (χ2v) is 6.84. The van der Waals surface area contributed by atoms with Gasteiger partial charge >= 0.3 is 5.97 Å². The van der Waals surface area contributed by atoms with E-state index < -0.39 is 12.1 Å². The van der Waals surface area contributed by atoms with Crippen molar-refractivity contribution in [3.05, 3.63) is 46.8 Å². The lowest BCUT2D eigenvalue weighted by Gasteiger charge is -2.36. The number of carbonyl (C=O) groups excluding carboxylic acids is 2. The van der Waals surface area contributed by atoms with Gasteiger partial charge in [0.2, 0.25) is 0 Å². The number of hydrogen-bond donors (Lipinski definition) is 0. The molecule has 1 amide bonds. The zero-order valence-electron chi connectivity index (χ0n) is 15.6. The Morgan fingerprint density at radius 2 is 2.08 bits per heavy atom. The minimum atomic E-state index is -0.850. The smallest absolute Gasteiger partial charge is 0.311 e. The molecule has 0 radical (unpaired) electrons. The Morgan fingerprint density at radius 3 is 2.77 bits per heavy atom. The fraction of sp³-hybridized carbons (Fsp3) is 0.450. The maximum atomic E-state index is 13.0. The highest BCUT2D eigenvalue weighted by Gasteiger charge is 2.32. The summed E-state index contributed by atoms with van der Waals surface area (Å²) >= 11 is 0. The van der Waals surface area contributed by atoms with Crippen molar-refractivity contribution in [3.8, 4) is 0 Å². The fourth-order valence-electron chi connectivity index (χ4n) is 3.41. The van der Waals surface area contributed by atoms with Crippen molar-refractivity contribution in [3.63, 3.8) is 0 Å². The zero-order chi connectivity index (χ0) is 18.8. The molecule has 1 aromatic heterocycles. The first-order chi connectivity index (χ1) is 12.4. The molecule has 6 heteroatoms. The molecule has 138 valence electrons. The van der Waals surface area contributed by atoms with Gasteiger partial charge in [-0.1, -0.05) is 23.4 Å². The standard InChI is InChI=1S/C20H24N2O4/c1-12-9-10-16-7-5-6-8-18(16)22(12)20(24)15(4)25-19(23)11-17-13(2)21-26-14(17)3/h5-8,12,15H,9-11H2,1-4H3. The minimum Gasteiger partial charge on any atom is -0.452 e. The fourth-order valence-corrected chi connectivity index (χ4v) is 3.41. The Labute approximate surface area is 153 Å². The number of amides is 1. The Hall–Kier alpha value is -2.63. The van der Waals surface area contributed by atoms with Gasteiger partial charge in [-0.2, -0.15) is 0 Å². The number of anilines is 1.